The first-order chi connectivity index (χ1) is 14.1. The summed E-state index contributed by atoms with van der Waals surface area (Å²) in [7, 11) is 0. The first kappa shape index (κ1) is 17.8. The van der Waals surface area contributed by atoms with Gasteiger partial charge in [0.05, 0.1) is 0 Å². The number of urea groups is 1. The molecule has 1 aromatic heterocycles. The second kappa shape index (κ2) is 6.65. The maximum atomic E-state index is 13.3. The van der Waals surface area contributed by atoms with E-state index in [1.807, 2.05) is 43.3 Å². The maximum Gasteiger partial charge on any atom is 0.328 e. The smallest absolute Gasteiger partial charge is 0.328 e. The molecule has 3 aromatic rings. The number of hydrogen-bond donors (Lipinski definition) is 2. The second-order valence-electron chi connectivity index (χ2n) is 7.78. The molecule has 3 amide bonds. The average Bonchev–Trinajstić information content (AvgIpc) is 3.21. The summed E-state index contributed by atoms with van der Waals surface area (Å²) in [6.45, 7) is 2.48. The van der Waals surface area contributed by atoms with Gasteiger partial charge >= 0.3 is 6.03 Å². The van der Waals surface area contributed by atoms with Crippen molar-refractivity contribution in [1.82, 2.24) is 14.8 Å². The molecule has 0 aliphatic carbocycles. The van der Waals surface area contributed by atoms with E-state index in [1.165, 1.54) is 4.90 Å². The van der Waals surface area contributed by atoms with Crippen molar-refractivity contribution in [1.29, 1.82) is 0 Å². The van der Waals surface area contributed by atoms with Crippen LogP contribution in [0.15, 0.2) is 48.5 Å². The van der Waals surface area contributed by atoms with Gasteiger partial charge in [-0.1, -0.05) is 49.7 Å². The lowest BCUT2D eigenvalue weighted by atomic mass is 9.88. The number of amides is 3. The summed E-state index contributed by atoms with van der Waals surface area (Å²) in [5.41, 5.74) is 3.53. The van der Waals surface area contributed by atoms with Gasteiger partial charge in [-0.2, -0.15) is 0 Å². The maximum absolute atomic E-state index is 13.3. The van der Waals surface area contributed by atoms with Gasteiger partial charge in [0.15, 0.2) is 0 Å². The molecule has 0 radical (unpaired) electrons. The summed E-state index contributed by atoms with van der Waals surface area (Å²) in [6, 6.07) is 13.7. The molecule has 2 N–H and O–H groups in total. The van der Waals surface area contributed by atoms with Crippen LogP contribution in [0.2, 0.25) is 0 Å². The third kappa shape index (κ3) is 2.55. The van der Waals surface area contributed by atoms with Gasteiger partial charge in [0.2, 0.25) is 0 Å². The minimum Gasteiger partial charge on any atom is -0.508 e. The number of fused-ring (bicyclic) bond motifs is 4. The van der Waals surface area contributed by atoms with Crippen LogP contribution in [0.5, 0.6) is 5.75 Å². The highest BCUT2D eigenvalue weighted by Crippen LogP contribution is 2.45. The van der Waals surface area contributed by atoms with Crippen LogP contribution in [0.25, 0.3) is 10.9 Å². The molecule has 0 spiro atoms. The van der Waals surface area contributed by atoms with Crippen LogP contribution in [0, 0.1) is 0 Å². The summed E-state index contributed by atoms with van der Waals surface area (Å²) in [4.78, 5) is 33.0. The van der Waals surface area contributed by atoms with Gasteiger partial charge in [0.25, 0.3) is 5.91 Å². The Balaban J connectivity index is 1.70. The third-order valence-electron chi connectivity index (χ3n) is 6.10. The molecule has 3 heterocycles. The van der Waals surface area contributed by atoms with E-state index in [4.69, 9.17) is 0 Å². The fourth-order valence-electron chi connectivity index (χ4n) is 4.69. The van der Waals surface area contributed by atoms with Gasteiger partial charge in [-0.05, 0) is 24.1 Å². The lowest BCUT2D eigenvalue weighted by Gasteiger charge is -2.36. The van der Waals surface area contributed by atoms with Gasteiger partial charge in [0, 0.05) is 35.1 Å². The zero-order valence-corrected chi connectivity index (χ0v) is 16.3. The number of nitrogens with one attached hydrogen (secondary N) is 1. The largest absolute Gasteiger partial charge is 0.508 e. The molecule has 2 atom stereocenters. The number of aromatic amines is 1. The minimum absolute atomic E-state index is 0.120. The number of H-pyrrole nitrogens is 1. The number of unbranched alkanes of at least 4 members (excludes halogenated alkanes) is 1. The third-order valence-corrected chi connectivity index (χ3v) is 6.10. The molecule has 2 aliphatic heterocycles. The summed E-state index contributed by atoms with van der Waals surface area (Å²) >= 11 is 0. The molecule has 1 saturated heterocycles. The van der Waals surface area contributed by atoms with Crippen LogP contribution in [-0.2, 0) is 11.2 Å². The summed E-state index contributed by atoms with van der Waals surface area (Å²) < 4.78 is 0. The van der Waals surface area contributed by atoms with Crippen LogP contribution in [0.4, 0.5) is 4.79 Å². The van der Waals surface area contributed by atoms with E-state index in [0.29, 0.717) is 18.5 Å². The standard InChI is InChI=1S/C23H23N3O3/c1-2-3-12-25-22(28)18-13-16-14-8-4-6-10-17(14)24-20(16)21(26(18)23(25)29)15-9-5-7-11-19(15)27/h4-11,18,21,24,27H,2-3,12-13H2,1H3/t18-,21+/m0/s1. The molecule has 2 aromatic carbocycles. The number of carbonyl (C=O) groups excluding carboxylic acids is 2. The number of nitrogens with zero attached hydrogens (tertiary/aromatic N) is 2. The van der Waals surface area contributed by atoms with Crippen LogP contribution in [0.1, 0.15) is 42.6 Å². The zero-order chi connectivity index (χ0) is 20.1. The zero-order valence-electron chi connectivity index (χ0n) is 16.3. The molecule has 29 heavy (non-hydrogen) atoms. The van der Waals surface area contributed by atoms with Crippen LogP contribution >= 0.6 is 0 Å². The van der Waals surface area contributed by atoms with Crippen molar-refractivity contribution in [3.05, 3.63) is 65.4 Å². The summed E-state index contributed by atoms with van der Waals surface area (Å²) in [5.74, 6) is -0.0187. The van der Waals surface area contributed by atoms with E-state index in [-0.39, 0.29) is 17.7 Å². The molecule has 6 heteroatoms. The molecule has 0 bridgehead atoms. The highest BCUT2D eigenvalue weighted by molar-refractivity contribution is 6.05. The Bertz CT molecular complexity index is 1120. The van der Waals surface area contributed by atoms with Crippen molar-refractivity contribution in [2.24, 2.45) is 0 Å². The number of imide groups is 1. The first-order valence-corrected chi connectivity index (χ1v) is 10.1. The number of hydrogen-bond acceptors (Lipinski definition) is 3. The van der Waals surface area contributed by atoms with Gasteiger partial charge in [-0.25, -0.2) is 4.79 Å². The normalized spacial score (nSPS) is 21.0. The van der Waals surface area contributed by atoms with E-state index in [1.54, 1.807) is 17.0 Å². The number of rotatable bonds is 4. The molecule has 6 nitrogen and oxygen atoms in total. The van der Waals surface area contributed by atoms with Crippen molar-refractivity contribution in [3.63, 3.8) is 0 Å². The number of aromatic nitrogens is 1. The predicted molar refractivity (Wildman–Crippen MR) is 110 cm³/mol. The number of phenolic OH excluding ortho intramolecular Hbond substituents is 1. The average molecular weight is 389 g/mol. The Labute approximate surface area is 168 Å². The number of para-hydroxylation sites is 2. The van der Waals surface area contributed by atoms with Gasteiger partial charge in [-0.15, -0.1) is 0 Å². The van der Waals surface area contributed by atoms with E-state index in [2.05, 4.69) is 4.98 Å². The van der Waals surface area contributed by atoms with Gasteiger partial charge in [-0.3, -0.25) is 14.6 Å². The lowest BCUT2D eigenvalue weighted by molar-refractivity contribution is -0.128. The summed E-state index contributed by atoms with van der Waals surface area (Å²) in [6.07, 6.45) is 2.18. The molecule has 0 saturated carbocycles. The number of phenols is 1. The molecule has 2 aliphatic rings. The molecule has 1 fully saturated rings. The Morgan fingerprint density at radius 1 is 1.10 bits per heavy atom. The lowest BCUT2D eigenvalue weighted by Crippen LogP contribution is -2.44. The quantitative estimate of drug-likeness (QED) is 0.664. The molecule has 5 rings (SSSR count). The highest BCUT2D eigenvalue weighted by Gasteiger charge is 2.52. The van der Waals surface area contributed by atoms with Crippen LogP contribution in [-0.4, -0.2) is 44.4 Å². The Kier molecular flexibility index (Phi) is 4.08. The van der Waals surface area contributed by atoms with Crippen molar-refractivity contribution in [2.75, 3.05) is 6.54 Å². The second-order valence-corrected chi connectivity index (χ2v) is 7.78. The monoisotopic (exact) mass is 389 g/mol. The van der Waals surface area contributed by atoms with E-state index in [9.17, 15) is 14.7 Å². The van der Waals surface area contributed by atoms with Gasteiger partial charge in [0.1, 0.15) is 17.8 Å². The number of carbonyl (C=O) groups is 2. The predicted octanol–water partition coefficient (Wildman–Crippen LogP) is 3.95. The van der Waals surface area contributed by atoms with Crippen molar-refractivity contribution in [3.8, 4) is 5.75 Å². The topological polar surface area (TPSA) is 76.6 Å². The Morgan fingerprint density at radius 3 is 2.66 bits per heavy atom. The highest BCUT2D eigenvalue weighted by atomic mass is 16.3. The fraction of sp³-hybridized carbons (Fsp3) is 0.304. The summed E-state index contributed by atoms with van der Waals surface area (Å²) in [5, 5.41) is 11.7. The Hall–Kier alpha value is -3.28. The van der Waals surface area contributed by atoms with E-state index in [0.717, 1.165) is 35.0 Å². The van der Waals surface area contributed by atoms with Crippen LogP contribution < -0.4 is 0 Å². The Morgan fingerprint density at radius 2 is 1.86 bits per heavy atom. The SMILES string of the molecule is CCCCN1C(=O)[C@@H]2Cc3c([nH]c4ccccc34)[C@@H](c3ccccc3O)N2C1=O. The molecular formula is C23H23N3O3. The first-order valence-electron chi connectivity index (χ1n) is 10.1. The van der Waals surface area contributed by atoms with E-state index >= 15 is 0 Å². The molecular weight excluding hydrogens is 366 g/mol. The van der Waals surface area contributed by atoms with E-state index < -0.39 is 12.1 Å². The van der Waals surface area contributed by atoms with Crippen molar-refractivity contribution < 1.29 is 14.7 Å². The van der Waals surface area contributed by atoms with Gasteiger partial charge < -0.3 is 10.1 Å². The molecule has 0 unspecified atom stereocenters. The number of benzene rings is 2. The fourth-order valence-corrected chi connectivity index (χ4v) is 4.69. The number of aromatic hydroxyl groups is 1. The minimum atomic E-state index is -0.546. The van der Waals surface area contributed by atoms with Crippen molar-refractivity contribution >= 4 is 22.8 Å². The van der Waals surface area contributed by atoms with Crippen LogP contribution in [0.3, 0.4) is 0 Å². The van der Waals surface area contributed by atoms with Crippen molar-refractivity contribution in [2.45, 2.75) is 38.3 Å². The molecule has 148 valence electrons.